The van der Waals surface area contributed by atoms with Crippen molar-refractivity contribution < 1.29 is 4.79 Å². The number of likely N-dealkylation sites (tertiary alicyclic amines) is 1. The minimum Gasteiger partial charge on any atom is -0.341 e. The summed E-state index contributed by atoms with van der Waals surface area (Å²) in [4.78, 5) is 14.4. The van der Waals surface area contributed by atoms with Gasteiger partial charge in [-0.2, -0.15) is 0 Å². The highest BCUT2D eigenvalue weighted by Gasteiger charge is 2.53. The SMILES string of the molecule is CC(C)CC(=O)N1CC(c2nncn2C)C2(CCC2)C1. The highest BCUT2D eigenvalue weighted by molar-refractivity contribution is 5.77. The zero-order valence-electron chi connectivity index (χ0n) is 12.7. The molecule has 1 saturated heterocycles. The molecule has 1 aliphatic heterocycles. The molecule has 0 aromatic carbocycles. The number of aryl methyl sites for hydroxylation is 1. The fourth-order valence-electron chi connectivity index (χ4n) is 3.74. The quantitative estimate of drug-likeness (QED) is 0.848. The second kappa shape index (κ2) is 4.86. The summed E-state index contributed by atoms with van der Waals surface area (Å²) in [5.74, 6) is 2.13. The first-order chi connectivity index (χ1) is 9.52. The average Bonchev–Trinajstić information content (AvgIpc) is 2.90. The van der Waals surface area contributed by atoms with Gasteiger partial charge in [0.1, 0.15) is 12.2 Å². The summed E-state index contributed by atoms with van der Waals surface area (Å²) in [5.41, 5.74) is 0.271. The molecule has 0 radical (unpaired) electrons. The molecule has 0 N–H and O–H groups in total. The molecule has 3 rings (SSSR count). The van der Waals surface area contributed by atoms with Crippen LogP contribution in [0.3, 0.4) is 0 Å². The molecule has 20 heavy (non-hydrogen) atoms. The van der Waals surface area contributed by atoms with Crippen molar-refractivity contribution in [2.24, 2.45) is 18.4 Å². The summed E-state index contributed by atoms with van der Waals surface area (Å²) in [6, 6.07) is 0. The van der Waals surface area contributed by atoms with E-state index in [4.69, 9.17) is 0 Å². The highest BCUT2D eigenvalue weighted by atomic mass is 16.2. The van der Waals surface area contributed by atoms with E-state index in [1.165, 1.54) is 19.3 Å². The van der Waals surface area contributed by atoms with Gasteiger partial charge in [-0.3, -0.25) is 4.79 Å². The lowest BCUT2D eigenvalue weighted by Crippen LogP contribution is -2.38. The molecule has 1 unspecified atom stereocenters. The molecule has 110 valence electrons. The maximum absolute atomic E-state index is 12.4. The predicted molar refractivity (Wildman–Crippen MR) is 76.1 cm³/mol. The second-order valence-corrected chi connectivity index (χ2v) is 6.94. The first-order valence-corrected chi connectivity index (χ1v) is 7.63. The van der Waals surface area contributed by atoms with Gasteiger partial charge in [-0.15, -0.1) is 10.2 Å². The number of hydrogen-bond donors (Lipinski definition) is 0. The van der Waals surface area contributed by atoms with Crippen LogP contribution in [-0.4, -0.2) is 38.7 Å². The Hall–Kier alpha value is -1.39. The monoisotopic (exact) mass is 276 g/mol. The van der Waals surface area contributed by atoms with Gasteiger partial charge < -0.3 is 9.47 Å². The molecule has 1 spiro atoms. The first-order valence-electron chi connectivity index (χ1n) is 7.63. The summed E-state index contributed by atoms with van der Waals surface area (Å²) in [5, 5.41) is 8.32. The third-order valence-electron chi connectivity index (χ3n) is 4.99. The van der Waals surface area contributed by atoms with Crippen LogP contribution >= 0.6 is 0 Å². The van der Waals surface area contributed by atoms with Crippen molar-refractivity contribution in [3.63, 3.8) is 0 Å². The van der Waals surface area contributed by atoms with E-state index in [1.807, 2.05) is 11.6 Å². The van der Waals surface area contributed by atoms with Crippen molar-refractivity contribution in [1.82, 2.24) is 19.7 Å². The Morgan fingerprint density at radius 3 is 2.75 bits per heavy atom. The number of amides is 1. The molecule has 1 amide bonds. The van der Waals surface area contributed by atoms with Crippen molar-refractivity contribution in [2.45, 2.75) is 45.4 Å². The fraction of sp³-hybridized carbons (Fsp3) is 0.800. The van der Waals surface area contributed by atoms with Gasteiger partial charge in [-0.1, -0.05) is 20.3 Å². The van der Waals surface area contributed by atoms with Crippen LogP contribution in [0, 0.1) is 11.3 Å². The van der Waals surface area contributed by atoms with E-state index in [-0.39, 0.29) is 5.41 Å². The summed E-state index contributed by atoms with van der Waals surface area (Å²) in [6.45, 7) is 5.94. The third-order valence-corrected chi connectivity index (χ3v) is 4.99. The van der Waals surface area contributed by atoms with Crippen LogP contribution < -0.4 is 0 Å². The van der Waals surface area contributed by atoms with Crippen LogP contribution in [0.5, 0.6) is 0 Å². The van der Waals surface area contributed by atoms with E-state index < -0.39 is 0 Å². The zero-order chi connectivity index (χ0) is 14.3. The Morgan fingerprint density at radius 2 is 2.25 bits per heavy atom. The van der Waals surface area contributed by atoms with Crippen LogP contribution in [0.1, 0.15) is 51.3 Å². The second-order valence-electron chi connectivity index (χ2n) is 6.94. The van der Waals surface area contributed by atoms with Crippen LogP contribution in [0.15, 0.2) is 6.33 Å². The largest absolute Gasteiger partial charge is 0.341 e. The molecule has 1 aliphatic carbocycles. The lowest BCUT2D eigenvalue weighted by Gasteiger charge is -2.42. The Labute approximate surface area is 120 Å². The van der Waals surface area contributed by atoms with Crippen LogP contribution in [0.25, 0.3) is 0 Å². The van der Waals surface area contributed by atoms with Gasteiger partial charge in [0.25, 0.3) is 0 Å². The van der Waals surface area contributed by atoms with E-state index in [9.17, 15) is 4.79 Å². The normalized spacial score (nSPS) is 24.4. The lowest BCUT2D eigenvalue weighted by molar-refractivity contribution is -0.131. The summed E-state index contributed by atoms with van der Waals surface area (Å²) < 4.78 is 2.02. The van der Waals surface area contributed by atoms with Crippen molar-refractivity contribution in [3.05, 3.63) is 12.2 Å². The number of rotatable bonds is 3. The van der Waals surface area contributed by atoms with Gasteiger partial charge in [-0.05, 0) is 24.2 Å². The van der Waals surface area contributed by atoms with Crippen molar-refractivity contribution in [1.29, 1.82) is 0 Å². The maximum atomic E-state index is 12.4. The lowest BCUT2D eigenvalue weighted by atomic mass is 9.62. The Morgan fingerprint density at radius 1 is 1.50 bits per heavy atom. The maximum Gasteiger partial charge on any atom is 0.222 e. The standard InChI is InChI=1S/C15H24N4O/c1-11(2)7-13(20)19-8-12(14-17-16-10-18(14)3)15(9-19)5-4-6-15/h10-12H,4-9H2,1-3H3. The summed E-state index contributed by atoms with van der Waals surface area (Å²) >= 11 is 0. The molecule has 1 saturated carbocycles. The van der Waals surface area contributed by atoms with Gasteiger partial charge in [0, 0.05) is 32.5 Å². The van der Waals surface area contributed by atoms with Crippen molar-refractivity contribution >= 4 is 5.91 Å². The van der Waals surface area contributed by atoms with Crippen molar-refractivity contribution in [2.75, 3.05) is 13.1 Å². The Bertz CT molecular complexity index is 504. The molecule has 1 atom stereocenters. The molecule has 5 nitrogen and oxygen atoms in total. The van der Waals surface area contributed by atoms with Crippen LogP contribution in [-0.2, 0) is 11.8 Å². The van der Waals surface area contributed by atoms with E-state index in [1.54, 1.807) is 6.33 Å². The zero-order valence-corrected chi connectivity index (χ0v) is 12.7. The smallest absolute Gasteiger partial charge is 0.222 e. The Kier molecular flexibility index (Phi) is 3.30. The van der Waals surface area contributed by atoms with Gasteiger partial charge in [-0.25, -0.2) is 0 Å². The fourth-order valence-corrected chi connectivity index (χ4v) is 3.74. The number of aromatic nitrogens is 3. The third kappa shape index (κ3) is 2.13. The van der Waals surface area contributed by atoms with E-state index in [2.05, 4.69) is 28.9 Å². The molecule has 2 aliphatic rings. The van der Waals surface area contributed by atoms with E-state index in [0.717, 1.165) is 18.9 Å². The Balaban J connectivity index is 1.81. The average molecular weight is 276 g/mol. The van der Waals surface area contributed by atoms with Gasteiger partial charge >= 0.3 is 0 Å². The minimum atomic E-state index is 0.271. The first kappa shape index (κ1) is 13.6. The number of hydrogen-bond acceptors (Lipinski definition) is 3. The van der Waals surface area contributed by atoms with Gasteiger partial charge in [0.2, 0.25) is 5.91 Å². The topological polar surface area (TPSA) is 51.0 Å². The van der Waals surface area contributed by atoms with Gasteiger partial charge in [0.15, 0.2) is 0 Å². The molecule has 2 heterocycles. The molecular weight excluding hydrogens is 252 g/mol. The predicted octanol–water partition coefficient (Wildman–Crippen LogP) is 1.96. The molecule has 0 bridgehead atoms. The molecule has 1 aromatic rings. The number of nitrogens with zero attached hydrogens (tertiary/aromatic N) is 4. The summed E-state index contributed by atoms with van der Waals surface area (Å²) in [6.07, 6.45) is 6.13. The van der Waals surface area contributed by atoms with Crippen LogP contribution in [0.2, 0.25) is 0 Å². The van der Waals surface area contributed by atoms with Crippen molar-refractivity contribution in [3.8, 4) is 0 Å². The summed E-state index contributed by atoms with van der Waals surface area (Å²) in [7, 11) is 2.00. The minimum absolute atomic E-state index is 0.271. The number of carbonyl (C=O) groups is 1. The van der Waals surface area contributed by atoms with E-state index in [0.29, 0.717) is 24.2 Å². The van der Waals surface area contributed by atoms with Gasteiger partial charge in [0.05, 0.1) is 0 Å². The number of carbonyl (C=O) groups excluding carboxylic acids is 1. The molecule has 5 heteroatoms. The van der Waals surface area contributed by atoms with Crippen LogP contribution in [0.4, 0.5) is 0 Å². The van der Waals surface area contributed by atoms with E-state index >= 15 is 0 Å². The molecule has 1 aromatic heterocycles. The molecular formula is C15H24N4O. The molecule has 2 fully saturated rings. The highest BCUT2D eigenvalue weighted by Crippen LogP contribution is 2.55.